The van der Waals surface area contributed by atoms with Crippen LogP contribution in [-0.4, -0.2) is 15.7 Å². The van der Waals surface area contributed by atoms with Crippen molar-refractivity contribution in [3.63, 3.8) is 0 Å². The first kappa shape index (κ1) is 19.5. The number of rotatable bonds is 4. The molecule has 0 radical (unpaired) electrons. The standard InChI is InChI=1S/C17H11F6N3O2/c18-16(19,20)10-3-1-4-11(7-10)26-14(17(21,22)23)13(9-25-26)15(27)24-8-12-5-2-6-28-12/h1-7,9H,8H2,(H,24,27). The van der Waals surface area contributed by atoms with Crippen LogP contribution in [0.15, 0.2) is 53.3 Å². The second-order valence-electron chi connectivity index (χ2n) is 5.63. The third-order valence-electron chi connectivity index (χ3n) is 3.70. The molecular weight excluding hydrogens is 392 g/mol. The minimum Gasteiger partial charge on any atom is -0.467 e. The van der Waals surface area contributed by atoms with Crippen molar-refractivity contribution in [1.82, 2.24) is 15.1 Å². The molecule has 3 rings (SSSR count). The van der Waals surface area contributed by atoms with Gasteiger partial charge >= 0.3 is 12.4 Å². The predicted octanol–water partition coefficient (Wildman–Crippen LogP) is 4.43. The average Bonchev–Trinajstić information content (AvgIpc) is 3.28. The van der Waals surface area contributed by atoms with Crippen LogP contribution in [0.4, 0.5) is 26.3 Å². The summed E-state index contributed by atoms with van der Waals surface area (Å²) in [7, 11) is 0. The van der Waals surface area contributed by atoms with Crippen molar-refractivity contribution >= 4 is 5.91 Å². The van der Waals surface area contributed by atoms with Crippen molar-refractivity contribution in [2.24, 2.45) is 0 Å². The van der Waals surface area contributed by atoms with Gasteiger partial charge in [0.1, 0.15) is 5.76 Å². The van der Waals surface area contributed by atoms with Gasteiger partial charge < -0.3 is 9.73 Å². The van der Waals surface area contributed by atoms with E-state index in [4.69, 9.17) is 4.42 Å². The third-order valence-corrected chi connectivity index (χ3v) is 3.70. The van der Waals surface area contributed by atoms with Gasteiger partial charge in [-0.1, -0.05) is 6.07 Å². The van der Waals surface area contributed by atoms with Gasteiger partial charge in [0.2, 0.25) is 0 Å². The first-order chi connectivity index (χ1) is 13.1. The highest BCUT2D eigenvalue weighted by Gasteiger charge is 2.41. The van der Waals surface area contributed by atoms with Gasteiger partial charge in [0, 0.05) is 0 Å². The fourth-order valence-corrected chi connectivity index (χ4v) is 2.47. The molecule has 1 aromatic carbocycles. The minimum atomic E-state index is -5.04. The molecule has 3 aromatic rings. The van der Waals surface area contributed by atoms with E-state index in [1.165, 1.54) is 18.4 Å². The summed E-state index contributed by atoms with van der Waals surface area (Å²) in [5, 5.41) is 5.74. The molecule has 5 nitrogen and oxygen atoms in total. The molecule has 0 aliphatic heterocycles. The summed E-state index contributed by atoms with van der Waals surface area (Å²) in [5.41, 5.74) is -3.93. The molecule has 0 aliphatic carbocycles. The van der Waals surface area contributed by atoms with Crippen molar-refractivity contribution < 1.29 is 35.6 Å². The topological polar surface area (TPSA) is 60.1 Å². The number of nitrogens with one attached hydrogen (secondary N) is 1. The Morgan fingerprint density at radius 2 is 1.82 bits per heavy atom. The van der Waals surface area contributed by atoms with Gasteiger partial charge in [0.05, 0.1) is 35.8 Å². The Bertz CT molecular complexity index is 974. The molecular formula is C17H11F6N3O2. The molecule has 2 heterocycles. The van der Waals surface area contributed by atoms with E-state index in [1.54, 1.807) is 0 Å². The number of alkyl halides is 6. The van der Waals surface area contributed by atoms with Crippen molar-refractivity contribution in [3.8, 4) is 5.69 Å². The molecule has 0 bridgehead atoms. The van der Waals surface area contributed by atoms with Crippen LogP contribution >= 0.6 is 0 Å². The minimum absolute atomic E-state index is 0.169. The molecule has 148 valence electrons. The van der Waals surface area contributed by atoms with Crippen LogP contribution in [0.2, 0.25) is 0 Å². The van der Waals surface area contributed by atoms with Crippen molar-refractivity contribution in [3.05, 3.63) is 71.4 Å². The van der Waals surface area contributed by atoms with E-state index in [0.29, 0.717) is 18.0 Å². The van der Waals surface area contributed by atoms with Gasteiger partial charge in [-0.15, -0.1) is 0 Å². The smallest absolute Gasteiger partial charge is 0.434 e. The number of halogens is 6. The van der Waals surface area contributed by atoms with Crippen molar-refractivity contribution in [2.45, 2.75) is 18.9 Å². The van der Waals surface area contributed by atoms with Crippen LogP contribution in [0, 0.1) is 0 Å². The molecule has 0 fully saturated rings. The largest absolute Gasteiger partial charge is 0.467 e. The second-order valence-corrected chi connectivity index (χ2v) is 5.63. The van der Waals surface area contributed by atoms with E-state index in [-0.39, 0.29) is 11.2 Å². The van der Waals surface area contributed by atoms with Crippen LogP contribution in [0.3, 0.4) is 0 Å². The van der Waals surface area contributed by atoms with Gasteiger partial charge in [-0.3, -0.25) is 4.79 Å². The zero-order valence-electron chi connectivity index (χ0n) is 13.8. The predicted molar refractivity (Wildman–Crippen MR) is 83.4 cm³/mol. The van der Waals surface area contributed by atoms with E-state index < -0.39 is 40.8 Å². The lowest BCUT2D eigenvalue weighted by molar-refractivity contribution is -0.143. The Morgan fingerprint density at radius 3 is 2.43 bits per heavy atom. The first-order valence-corrected chi connectivity index (χ1v) is 7.71. The Labute approximate surface area is 153 Å². The summed E-state index contributed by atoms with van der Waals surface area (Å²) < 4.78 is 84.5. The van der Waals surface area contributed by atoms with Gasteiger partial charge in [-0.05, 0) is 30.3 Å². The lowest BCUT2D eigenvalue weighted by atomic mass is 10.1. The zero-order chi connectivity index (χ0) is 20.5. The Morgan fingerprint density at radius 1 is 1.07 bits per heavy atom. The number of carbonyl (C=O) groups excluding carboxylic acids is 1. The number of benzene rings is 1. The van der Waals surface area contributed by atoms with Crippen LogP contribution in [0.1, 0.15) is 27.4 Å². The van der Waals surface area contributed by atoms with E-state index in [1.807, 2.05) is 0 Å². The molecule has 0 atom stereocenters. The van der Waals surface area contributed by atoms with E-state index in [2.05, 4.69) is 10.4 Å². The summed E-state index contributed by atoms with van der Waals surface area (Å²) in [5.74, 6) is -0.783. The molecule has 0 spiro atoms. The van der Waals surface area contributed by atoms with Crippen LogP contribution in [0.25, 0.3) is 5.69 Å². The Kier molecular flexibility index (Phi) is 4.92. The second kappa shape index (κ2) is 7.06. The third kappa shape index (κ3) is 4.02. The number of hydrogen-bond donors (Lipinski definition) is 1. The fraction of sp³-hybridized carbons (Fsp3) is 0.176. The van der Waals surface area contributed by atoms with Gasteiger partial charge in [0.25, 0.3) is 5.91 Å². The number of hydrogen-bond acceptors (Lipinski definition) is 3. The highest BCUT2D eigenvalue weighted by atomic mass is 19.4. The molecule has 0 aliphatic rings. The SMILES string of the molecule is O=C(NCc1ccco1)c1cnn(-c2cccc(C(F)(F)F)c2)c1C(F)(F)F. The lowest BCUT2D eigenvalue weighted by Gasteiger charge is -2.14. The summed E-state index contributed by atoms with van der Waals surface area (Å²) in [6.07, 6.45) is -7.80. The Balaban J connectivity index is 1.99. The van der Waals surface area contributed by atoms with Crippen molar-refractivity contribution in [2.75, 3.05) is 0 Å². The maximum atomic E-state index is 13.6. The number of amides is 1. The molecule has 11 heteroatoms. The number of nitrogens with zero attached hydrogens (tertiary/aromatic N) is 2. The molecule has 28 heavy (non-hydrogen) atoms. The number of carbonyl (C=O) groups is 1. The Hall–Kier alpha value is -3.24. The van der Waals surface area contributed by atoms with Gasteiger partial charge in [0.15, 0.2) is 5.69 Å². The molecule has 1 amide bonds. The molecule has 0 saturated heterocycles. The molecule has 0 saturated carbocycles. The highest BCUT2D eigenvalue weighted by Crippen LogP contribution is 2.35. The molecule has 1 N–H and O–H groups in total. The monoisotopic (exact) mass is 403 g/mol. The van der Waals surface area contributed by atoms with Crippen LogP contribution in [0.5, 0.6) is 0 Å². The van der Waals surface area contributed by atoms with Crippen molar-refractivity contribution in [1.29, 1.82) is 0 Å². The number of aromatic nitrogens is 2. The maximum absolute atomic E-state index is 13.6. The van der Waals surface area contributed by atoms with E-state index in [9.17, 15) is 31.1 Å². The summed E-state index contributed by atoms with van der Waals surface area (Å²) in [4.78, 5) is 12.2. The maximum Gasteiger partial charge on any atom is 0.434 e. The molecule has 2 aromatic heterocycles. The normalized spacial score (nSPS) is 12.2. The average molecular weight is 403 g/mol. The fourth-order valence-electron chi connectivity index (χ4n) is 2.47. The summed E-state index contributed by atoms with van der Waals surface area (Å²) in [6.45, 7) is -0.169. The molecule has 0 unspecified atom stereocenters. The first-order valence-electron chi connectivity index (χ1n) is 7.71. The lowest BCUT2D eigenvalue weighted by Crippen LogP contribution is -2.26. The van der Waals surface area contributed by atoms with Crippen LogP contribution < -0.4 is 5.32 Å². The summed E-state index contributed by atoms with van der Waals surface area (Å²) >= 11 is 0. The highest BCUT2D eigenvalue weighted by molar-refractivity contribution is 5.95. The zero-order valence-corrected chi connectivity index (χ0v) is 13.8. The quantitative estimate of drug-likeness (QED) is 0.656. The van der Waals surface area contributed by atoms with Crippen LogP contribution in [-0.2, 0) is 18.9 Å². The number of furan rings is 1. The van der Waals surface area contributed by atoms with E-state index in [0.717, 1.165) is 18.2 Å². The van der Waals surface area contributed by atoms with Gasteiger partial charge in [-0.2, -0.15) is 31.4 Å². The van der Waals surface area contributed by atoms with E-state index >= 15 is 0 Å². The summed E-state index contributed by atoms with van der Waals surface area (Å²) in [6, 6.07) is 6.27. The van der Waals surface area contributed by atoms with Gasteiger partial charge in [-0.25, -0.2) is 4.68 Å².